The lowest BCUT2D eigenvalue weighted by molar-refractivity contribution is 0.0795. The van der Waals surface area contributed by atoms with Crippen LogP contribution >= 0.6 is 0 Å². The van der Waals surface area contributed by atoms with E-state index in [2.05, 4.69) is 28.6 Å². The van der Waals surface area contributed by atoms with Crippen molar-refractivity contribution >= 4 is 5.96 Å². The second kappa shape index (κ2) is 5.04. The summed E-state index contributed by atoms with van der Waals surface area (Å²) in [4.78, 5) is 9.31. The zero-order valence-corrected chi connectivity index (χ0v) is 10.5. The van der Waals surface area contributed by atoms with Crippen molar-refractivity contribution in [2.75, 3.05) is 26.2 Å². The second-order valence-electron chi connectivity index (χ2n) is 5.21. The molecule has 2 heterocycles. The van der Waals surface area contributed by atoms with Crippen LogP contribution in [0.2, 0.25) is 0 Å². The number of hydrogen-bond donors (Lipinski definition) is 1. The number of guanidine groups is 1. The van der Waals surface area contributed by atoms with Crippen molar-refractivity contribution in [3.05, 3.63) is 0 Å². The van der Waals surface area contributed by atoms with Gasteiger partial charge >= 0.3 is 0 Å². The average Bonchev–Trinajstić information content (AvgIpc) is 2.27. The third kappa shape index (κ3) is 2.67. The first-order chi connectivity index (χ1) is 7.66. The fraction of sp³-hybridized carbons (Fsp3) is 0.917. The normalized spacial score (nSPS) is 28.3. The minimum atomic E-state index is 0.296. The molecule has 16 heavy (non-hydrogen) atoms. The highest BCUT2D eigenvalue weighted by Gasteiger charge is 2.29. The van der Waals surface area contributed by atoms with Crippen LogP contribution in [-0.2, 0) is 0 Å². The molecule has 1 atom stereocenters. The standard InChI is InChI=1S/C12H24N4/c1-10(2)14-12(13)16-8-7-15-6-4-3-5-11(15)9-16/h10-11H,3-9H2,1-2H3,(H2,13,14). The van der Waals surface area contributed by atoms with Gasteiger partial charge in [-0.05, 0) is 33.2 Å². The van der Waals surface area contributed by atoms with Crippen LogP contribution in [0.15, 0.2) is 4.99 Å². The highest BCUT2D eigenvalue weighted by Crippen LogP contribution is 2.20. The van der Waals surface area contributed by atoms with E-state index < -0.39 is 0 Å². The van der Waals surface area contributed by atoms with Gasteiger partial charge < -0.3 is 10.6 Å². The summed E-state index contributed by atoms with van der Waals surface area (Å²) in [6, 6.07) is 1.01. The predicted octanol–water partition coefficient (Wildman–Crippen LogP) is 0.880. The minimum Gasteiger partial charge on any atom is -0.370 e. The highest BCUT2D eigenvalue weighted by atomic mass is 15.3. The summed E-state index contributed by atoms with van der Waals surface area (Å²) in [5, 5.41) is 0. The number of nitrogens with two attached hydrogens (primary N) is 1. The quantitative estimate of drug-likeness (QED) is 0.531. The highest BCUT2D eigenvalue weighted by molar-refractivity contribution is 5.78. The van der Waals surface area contributed by atoms with Crippen molar-refractivity contribution in [2.45, 2.75) is 45.2 Å². The first kappa shape index (κ1) is 11.7. The van der Waals surface area contributed by atoms with Crippen LogP contribution in [0, 0.1) is 0 Å². The molecular formula is C12H24N4. The summed E-state index contributed by atoms with van der Waals surface area (Å²) >= 11 is 0. The van der Waals surface area contributed by atoms with Crippen molar-refractivity contribution in [3.63, 3.8) is 0 Å². The van der Waals surface area contributed by atoms with E-state index in [4.69, 9.17) is 5.73 Å². The van der Waals surface area contributed by atoms with Gasteiger partial charge in [0.15, 0.2) is 5.96 Å². The topological polar surface area (TPSA) is 44.9 Å². The summed E-state index contributed by atoms with van der Waals surface area (Å²) in [6.45, 7) is 8.69. The lowest BCUT2D eigenvalue weighted by atomic mass is 10.00. The molecular weight excluding hydrogens is 200 g/mol. The molecule has 0 bridgehead atoms. The van der Waals surface area contributed by atoms with Gasteiger partial charge in [-0.15, -0.1) is 0 Å². The molecule has 0 aromatic heterocycles. The molecule has 4 heteroatoms. The van der Waals surface area contributed by atoms with Gasteiger partial charge in [0, 0.05) is 31.7 Å². The maximum absolute atomic E-state index is 6.03. The van der Waals surface area contributed by atoms with Gasteiger partial charge in [-0.1, -0.05) is 6.42 Å². The van der Waals surface area contributed by atoms with Gasteiger partial charge in [-0.2, -0.15) is 0 Å². The summed E-state index contributed by atoms with van der Waals surface area (Å²) in [5.41, 5.74) is 6.03. The monoisotopic (exact) mass is 224 g/mol. The molecule has 0 aromatic rings. The van der Waals surface area contributed by atoms with Crippen molar-refractivity contribution in [1.29, 1.82) is 0 Å². The molecule has 0 radical (unpaired) electrons. The van der Waals surface area contributed by atoms with Crippen LogP contribution in [0.3, 0.4) is 0 Å². The van der Waals surface area contributed by atoms with Crippen molar-refractivity contribution < 1.29 is 0 Å². The first-order valence-electron chi connectivity index (χ1n) is 6.49. The number of piperidine rings is 1. The van der Waals surface area contributed by atoms with Gasteiger partial charge in [0.1, 0.15) is 0 Å². The van der Waals surface area contributed by atoms with Crippen molar-refractivity contribution in [1.82, 2.24) is 9.80 Å². The maximum atomic E-state index is 6.03. The number of rotatable bonds is 1. The number of piperazine rings is 1. The van der Waals surface area contributed by atoms with Gasteiger partial charge in [0.2, 0.25) is 0 Å². The van der Waals surface area contributed by atoms with Gasteiger partial charge in [0.25, 0.3) is 0 Å². The summed E-state index contributed by atoms with van der Waals surface area (Å²) in [5.74, 6) is 0.736. The lowest BCUT2D eigenvalue weighted by Crippen LogP contribution is -2.57. The van der Waals surface area contributed by atoms with Crippen LogP contribution in [0.4, 0.5) is 0 Å². The zero-order valence-electron chi connectivity index (χ0n) is 10.5. The summed E-state index contributed by atoms with van der Waals surface area (Å²) < 4.78 is 0. The number of hydrogen-bond acceptors (Lipinski definition) is 2. The van der Waals surface area contributed by atoms with E-state index in [1.54, 1.807) is 0 Å². The summed E-state index contributed by atoms with van der Waals surface area (Å²) in [7, 11) is 0. The molecule has 2 saturated heterocycles. The van der Waals surface area contributed by atoms with E-state index in [1.807, 2.05) is 0 Å². The Bertz CT molecular complexity index is 262. The van der Waals surface area contributed by atoms with Gasteiger partial charge in [-0.3, -0.25) is 9.89 Å². The zero-order chi connectivity index (χ0) is 11.5. The fourth-order valence-corrected chi connectivity index (χ4v) is 2.71. The Hall–Kier alpha value is -0.770. The SMILES string of the molecule is CC(C)N=C(N)N1CCN2CCCCC2C1. The third-order valence-electron chi connectivity index (χ3n) is 3.55. The van der Waals surface area contributed by atoms with E-state index in [0.717, 1.165) is 25.6 Å². The van der Waals surface area contributed by atoms with Crippen LogP contribution < -0.4 is 5.73 Å². The Morgan fingerprint density at radius 1 is 1.25 bits per heavy atom. The number of aliphatic imine (C=N–C) groups is 1. The molecule has 0 saturated carbocycles. The molecule has 0 aliphatic carbocycles. The number of nitrogens with zero attached hydrogens (tertiary/aromatic N) is 3. The van der Waals surface area contributed by atoms with Crippen LogP contribution in [0.25, 0.3) is 0 Å². The van der Waals surface area contributed by atoms with Crippen LogP contribution in [0.5, 0.6) is 0 Å². The molecule has 0 aromatic carbocycles. The molecule has 2 fully saturated rings. The van der Waals surface area contributed by atoms with E-state index in [-0.39, 0.29) is 0 Å². The summed E-state index contributed by atoms with van der Waals surface area (Å²) in [6.07, 6.45) is 4.06. The van der Waals surface area contributed by atoms with Crippen LogP contribution in [-0.4, -0.2) is 54.0 Å². The Morgan fingerprint density at radius 2 is 2.06 bits per heavy atom. The van der Waals surface area contributed by atoms with Crippen molar-refractivity contribution in [3.8, 4) is 0 Å². The third-order valence-corrected chi connectivity index (χ3v) is 3.55. The molecule has 0 spiro atoms. The molecule has 2 rings (SSSR count). The molecule has 92 valence electrons. The molecule has 2 aliphatic rings. The number of fused-ring (bicyclic) bond motifs is 1. The second-order valence-corrected chi connectivity index (χ2v) is 5.21. The molecule has 2 N–H and O–H groups in total. The lowest BCUT2D eigenvalue weighted by Gasteiger charge is -2.44. The van der Waals surface area contributed by atoms with E-state index >= 15 is 0 Å². The Kier molecular flexibility index (Phi) is 3.69. The van der Waals surface area contributed by atoms with Crippen molar-refractivity contribution in [2.24, 2.45) is 10.7 Å². The fourth-order valence-electron chi connectivity index (χ4n) is 2.71. The first-order valence-corrected chi connectivity index (χ1v) is 6.49. The molecule has 4 nitrogen and oxygen atoms in total. The van der Waals surface area contributed by atoms with E-state index in [1.165, 1.54) is 25.8 Å². The Morgan fingerprint density at radius 3 is 2.81 bits per heavy atom. The van der Waals surface area contributed by atoms with Crippen LogP contribution in [0.1, 0.15) is 33.1 Å². The minimum absolute atomic E-state index is 0.296. The van der Waals surface area contributed by atoms with Gasteiger partial charge in [0.05, 0.1) is 0 Å². The molecule has 2 aliphatic heterocycles. The Balaban J connectivity index is 1.94. The van der Waals surface area contributed by atoms with E-state index in [9.17, 15) is 0 Å². The molecule has 0 amide bonds. The van der Waals surface area contributed by atoms with E-state index in [0.29, 0.717) is 12.1 Å². The smallest absolute Gasteiger partial charge is 0.191 e. The largest absolute Gasteiger partial charge is 0.370 e. The Labute approximate surface area is 98.5 Å². The van der Waals surface area contributed by atoms with Gasteiger partial charge in [-0.25, -0.2) is 0 Å². The maximum Gasteiger partial charge on any atom is 0.191 e. The predicted molar refractivity (Wildman–Crippen MR) is 67.5 cm³/mol. The molecule has 1 unspecified atom stereocenters. The average molecular weight is 224 g/mol.